The molecule has 0 saturated heterocycles. The van der Waals surface area contributed by atoms with Crippen LogP contribution in [-0.4, -0.2) is 18.7 Å². The van der Waals surface area contributed by atoms with E-state index in [0.717, 1.165) is 15.8 Å². The van der Waals surface area contributed by atoms with E-state index in [1.54, 1.807) is 30.5 Å². The second-order valence-corrected chi connectivity index (χ2v) is 5.03. The fourth-order valence-corrected chi connectivity index (χ4v) is 2.06. The van der Waals surface area contributed by atoms with E-state index < -0.39 is 0 Å². The van der Waals surface area contributed by atoms with Crippen molar-refractivity contribution in [3.63, 3.8) is 0 Å². The quantitative estimate of drug-likeness (QED) is 0.664. The fourth-order valence-electron chi connectivity index (χ4n) is 1.67. The third-order valence-electron chi connectivity index (χ3n) is 2.70. The van der Waals surface area contributed by atoms with E-state index in [9.17, 15) is 4.79 Å². The normalized spacial score (nSPS) is 10.6. The molecule has 4 nitrogen and oxygen atoms in total. The summed E-state index contributed by atoms with van der Waals surface area (Å²) in [5.41, 5.74) is 3.92. The molecule has 0 bridgehead atoms. The number of carbonyl (C=O) groups is 1. The highest BCUT2D eigenvalue weighted by Crippen LogP contribution is 2.14. The number of amides is 1. The van der Waals surface area contributed by atoms with E-state index in [1.165, 1.54) is 0 Å². The summed E-state index contributed by atoms with van der Waals surface area (Å²) in [7, 11) is 0. The summed E-state index contributed by atoms with van der Waals surface area (Å²) in [6, 6.07) is 14.6. The van der Waals surface area contributed by atoms with E-state index in [2.05, 4.69) is 26.5 Å². The largest absolute Gasteiger partial charge is 0.494 e. The van der Waals surface area contributed by atoms with E-state index in [1.807, 2.05) is 31.2 Å². The van der Waals surface area contributed by atoms with Gasteiger partial charge in [0.1, 0.15) is 5.75 Å². The molecule has 0 unspecified atom stereocenters. The van der Waals surface area contributed by atoms with Crippen LogP contribution in [0.5, 0.6) is 5.75 Å². The summed E-state index contributed by atoms with van der Waals surface area (Å²) in [5, 5.41) is 3.95. The average Bonchev–Trinajstić information content (AvgIpc) is 2.50. The molecule has 0 aliphatic heterocycles. The second-order valence-electron chi connectivity index (χ2n) is 4.18. The van der Waals surface area contributed by atoms with E-state index in [0.29, 0.717) is 12.2 Å². The van der Waals surface area contributed by atoms with Crippen LogP contribution in [0.15, 0.2) is 58.1 Å². The zero-order valence-electron chi connectivity index (χ0n) is 11.5. The van der Waals surface area contributed by atoms with Gasteiger partial charge in [0.15, 0.2) is 0 Å². The Hall–Kier alpha value is -2.14. The molecule has 0 aliphatic carbocycles. The van der Waals surface area contributed by atoms with Gasteiger partial charge in [-0.15, -0.1) is 0 Å². The Morgan fingerprint density at radius 2 is 1.95 bits per heavy atom. The Morgan fingerprint density at radius 1 is 1.24 bits per heavy atom. The van der Waals surface area contributed by atoms with Crippen molar-refractivity contribution in [3.8, 4) is 5.75 Å². The number of hydrazone groups is 1. The van der Waals surface area contributed by atoms with Crippen molar-refractivity contribution in [2.75, 3.05) is 6.61 Å². The van der Waals surface area contributed by atoms with Gasteiger partial charge in [0.2, 0.25) is 0 Å². The van der Waals surface area contributed by atoms with Crippen LogP contribution in [0.4, 0.5) is 0 Å². The van der Waals surface area contributed by atoms with Gasteiger partial charge in [-0.2, -0.15) is 5.10 Å². The third-order valence-corrected chi connectivity index (χ3v) is 3.42. The van der Waals surface area contributed by atoms with Crippen LogP contribution in [0.3, 0.4) is 0 Å². The Labute approximate surface area is 132 Å². The molecule has 108 valence electrons. The molecule has 5 heteroatoms. The first-order valence-corrected chi connectivity index (χ1v) is 7.31. The Bertz CT molecular complexity index is 639. The average molecular weight is 347 g/mol. The van der Waals surface area contributed by atoms with E-state index >= 15 is 0 Å². The van der Waals surface area contributed by atoms with Crippen molar-refractivity contribution in [1.29, 1.82) is 0 Å². The van der Waals surface area contributed by atoms with Crippen LogP contribution in [0, 0.1) is 0 Å². The summed E-state index contributed by atoms with van der Waals surface area (Å²) >= 11 is 3.41. The summed E-state index contributed by atoms with van der Waals surface area (Å²) < 4.78 is 6.25. The van der Waals surface area contributed by atoms with Crippen LogP contribution >= 0.6 is 15.9 Å². The fraction of sp³-hybridized carbons (Fsp3) is 0.125. The van der Waals surface area contributed by atoms with Crippen LogP contribution in [0.25, 0.3) is 0 Å². The van der Waals surface area contributed by atoms with Gasteiger partial charge in [-0.05, 0) is 37.3 Å². The Morgan fingerprint density at radius 3 is 2.62 bits per heavy atom. The number of rotatable bonds is 5. The van der Waals surface area contributed by atoms with Gasteiger partial charge in [-0.3, -0.25) is 4.79 Å². The topological polar surface area (TPSA) is 50.7 Å². The number of benzene rings is 2. The molecular formula is C16H15BrN2O2. The molecule has 0 aliphatic rings. The maximum atomic E-state index is 11.9. The summed E-state index contributed by atoms with van der Waals surface area (Å²) in [4.78, 5) is 11.9. The van der Waals surface area contributed by atoms with Gasteiger partial charge in [-0.25, -0.2) is 5.43 Å². The molecule has 0 saturated carbocycles. The van der Waals surface area contributed by atoms with Gasteiger partial charge >= 0.3 is 0 Å². The summed E-state index contributed by atoms with van der Waals surface area (Å²) in [6.07, 6.45) is 1.59. The molecule has 2 aromatic rings. The SMILES string of the molecule is CCOc1ccc(C(=O)N/N=C/c2ccccc2Br)cc1. The zero-order chi connectivity index (χ0) is 15.1. The van der Waals surface area contributed by atoms with Crippen LogP contribution in [0.2, 0.25) is 0 Å². The zero-order valence-corrected chi connectivity index (χ0v) is 13.1. The van der Waals surface area contributed by atoms with Gasteiger partial charge in [0.05, 0.1) is 12.8 Å². The molecule has 1 amide bonds. The molecule has 0 aromatic heterocycles. The van der Waals surface area contributed by atoms with Crippen molar-refractivity contribution in [1.82, 2.24) is 5.43 Å². The van der Waals surface area contributed by atoms with Crippen LogP contribution in [-0.2, 0) is 0 Å². The minimum absolute atomic E-state index is 0.263. The number of halogens is 1. The van der Waals surface area contributed by atoms with Gasteiger partial charge in [0.25, 0.3) is 5.91 Å². The van der Waals surface area contributed by atoms with E-state index in [4.69, 9.17) is 4.74 Å². The Kier molecular flexibility index (Phi) is 5.51. The first kappa shape index (κ1) is 15.3. The van der Waals surface area contributed by atoms with Gasteiger partial charge in [0, 0.05) is 15.6 Å². The van der Waals surface area contributed by atoms with Gasteiger partial charge in [-0.1, -0.05) is 34.1 Å². The molecular weight excluding hydrogens is 332 g/mol. The number of hydrogen-bond acceptors (Lipinski definition) is 3. The molecule has 0 atom stereocenters. The van der Waals surface area contributed by atoms with Crippen molar-refractivity contribution in [2.45, 2.75) is 6.92 Å². The smallest absolute Gasteiger partial charge is 0.271 e. The first-order valence-electron chi connectivity index (χ1n) is 6.51. The molecule has 1 N–H and O–H groups in total. The maximum Gasteiger partial charge on any atom is 0.271 e. The third kappa shape index (κ3) is 4.43. The minimum Gasteiger partial charge on any atom is -0.494 e. The highest BCUT2D eigenvalue weighted by molar-refractivity contribution is 9.10. The second kappa shape index (κ2) is 7.59. The lowest BCUT2D eigenvalue weighted by atomic mass is 10.2. The molecule has 0 spiro atoms. The highest BCUT2D eigenvalue weighted by Gasteiger charge is 2.04. The monoisotopic (exact) mass is 346 g/mol. The predicted molar refractivity (Wildman–Crippen MR) is 86.8 cm³/mol. The molecule has 2 aromatic carbocycles. The van der Waals surface area contributed by atoms with E-state index in [-0.39, 0.29) is 5.91 Å². The van der Waals surface area contributed by atoms with Gasteiger partial charge < -0.3 is 4.74 Å². The van der Waals surface area contributed by atoms with Crippen LogP contribution < -0.4 is 10.2 Å². The molecule has 0 radical (unpaired) electrons. The summed E-state index contributed by atoms with van der Waals surface area (Å²) in [5.74, 6) is 0.479. The molecule has 21 heavy (non-hydrogen) atoms. The number of nitrogens with zero attached hydrogens (tertiary/aromatic N) is 1. The number of ether oxygens (including phenoxy) is 1. The first-order chi connectivity index (χ1) is 10.2. The highest BCUT2D eigenvalue weighted by atomic mass is 79.9. The summed E-state index contributed by atoms with van der Waals surface area (Å²) in [6.45, 7) is 2.51. The van der Waals surface area contributed by atoms with Crippen molar-refractivity contribution in [2.24, 2.45) is 5.10 Å². The standard InChI is InChI=1S/C16H15BrN2O2/c1-2-21-14-9-7-12(8-10-14)16(20)19-18-11-13-5-3-4-6-15(13)17/h3-11H,2H2,1H3,(H,19,20)/b18-11+. The predicted octanol–water partition coefficient (Wildman–Crippen LogP) is 3.61. The lowest BCUT2D eigenvalue weighted by Gasteiger charge is -2.04. The van der Waals surface area contributed by atoms with Crippen molar-refractivity contribution in [3.05, 3.63) is 64.1 Å². The van der Waals surface area contributed by atoms with Crippen LogP contribution in [0.1, 0.15) is 22.8 Å². The lowest BCUT2D eigenvalue weighted by Crippen LogP contribution is -2.17. The maximum absolute atomic E-state index is 11.9. The van der Waals surface area contributed by atoms with Crippen molar-refractivity contribution < 1.29 is 9.53 Å². The number of hydrogen-bond donors (Lipinski definition) is 1. The number of carbonyl (C=O) groups excluding carboxylic acids is 1. The Balaban J connectivity index is 1.97. The molecule has 2 rings (SSSR count). The number of nitrogens with one attached hydrogen (secondary N) is 1. The van der Waals surface area contributed by atoms with Crippen molar-refractivity contribution >= 4 is 28.1 Å². The minimum atomic E-state index is -0.263. The molecule has 0 fully saturated rings. The lowest BCUT2D eigenvalue weighted by molar-refractivity contribution is 0.0955. The molecule has 0 heterocycles.